The van der Waals surface area contributed by atoms with Crippen LogP contribution in [0.2, 0.25) is 0 Å². The summed E-state index contributed by atoms with van der Waals surface area (Å²) in [6.07, 6.45) is 0. The zero-order chi connectivity index (χ0) is 15.9. The summed E-state index contributed by atoms with van der Waals surface area (Å²) in [7, 11) is -2.17. The molecule has 3 rings (SSSR count). The van der Waals surface area contributed by atoms with E-state index in [0.717, 1.165) is 0 Å². The van der Waals surface area contributed by atoms with E-state index in [2.05, 4.69) is 20.9 Å². The molecule has 0 saturated heterocycles. The first-order chi connectivity index (χ1) is 10.4. The highest BCUT2D eigenvalue weighted by Gasteiger charge is 2.23. The number of halogens is 2. The van der Waals surface area contributed by atoms with Gasteiger partial charge in [-0.25, -0.2) is 17.4 Å². The molecule has 1 aromatic carbocycles. The summed E-state index contributed by atoms with van der Waals surface area (Å²) in [5, 5.41) is 0.698. The van der Waals surface area contributed by atoms with E-state index >= 15 is 0 Å². The monoisotopic (exact) mass is 492 g/mol. The van der Waals surface area contributed by atoms with E-state index in [1.54, 1.807) is 42.5 Å². The van der Waals surface area contributed by atoms with E-state index < -0.39 is 10.0 Å². The minimum Gasteiger partial charge on any atom is -0.494 e. The molecule has 0 atom stereocenters. The summed E-state index contributed by atoms with van der Waals surface area (Å²) in [6.45, 7) is 0. The molecule has 8 heteroatoms. The van der Waals surface area contributed by atoms with Crippen LogP contribution in [0.5, 0.6) is 5.75 Å². The number of benzene rings is 1. The van der Waals surface area contributed by atoms with Crippen LogP contribution in [0.3, 0.4) is 0 Å². The molecule has 2 aromatic heterocycles. The molecule has 0 saturated carbocycles. The molecule has 0 bridgehead atoms. The highest BCUT2D eigenvalue weighted by atomic mass is 127. The van der Waals surface area contributed by atoms with Crippen molar-refractivity contribution in [3.8, 4) is 5.75 Å². The number of aromatic nitrogens is 2. The van der Waals surface area contributed by atoms with Crippen molar-refractivity contribution >= 4 is 59.6 Å². The molecule has 2 heterocycles. The van der Waals surface area contributed by atoms with Crippen molar-refractivity contribution in [2.75, 3.05) is 7.11 Å². The average molecular weight is 493 g/mol. The summed E-state index contributed by atoms with van der Waals surface area (Å²) in [4.78, 5) is 4.55. The maximum absolute atomic E-state index is 12.9. The summed E-state index contributed by atoms with van der Waals surface area (Å²) in [5.41, 5.74) is 0.362. The number of hydrogen-bond donors (Lipinski definition) is 0. The van der Waals surface area contributed by atoms with Gasteiger partial charge in [-0.15, -0.1) is 0 Å². The summed E-state index contributed by atoms with van der Waals surface area (Å²) in [6, 6.07) is 11.8. The van der Waals surface area contributed by atoms with Crippen LogP contribution in [0.4, 0.5) is 0 Å². The van der Waals surface area contributed by atoms with Crippen molar-refractivity contribution in [2.45, 2.75) is 4.90 Å². The molecular weight excluding hydrogens is 483 g/mol. The van der Waals surface area contributed by atoms with Crippen molar-refractivity contribution < 1.29 is 13.2 Å². The SMILES string of the molecule is COc1cc2cc(I)n(S(=O)(=O)c3ccccc3)c2nc1Br. The van der Waals surface area contributed by atoms with Gasteiger partial charge in [0, 0.05) is 5.39 Å². The van der Waals surface area contributed by atoms with Crippen molar-refractivity contribution in [1.29, 1.82) is 0 Å². The van der Waals surface area contributed by atoms with Crippen LogP contribution < -0.4 is 4.74 Å². The van der Waals surface area contributed by atoms with E-state index in [1.807, 2.05) is 22.6 Å². The van der Waals surface area contributed by atoms with Gasteiger partial charge in [-0.2, -0.15) is 0 Å². The van der Waals surface area contributed by atoms with Crippen molar-refractivity contribution in [1.82, 2.24) is 8.96 Å². The smallest absolute Gasteiger partial charge is 0.270 e. The average Bonchev–Trinajstić information content (AvgIpc) is 2.82. The Morgan fingerprint density at radius 2 is 1.91 bits per heavy atom. The van der Waals surface area contributed by atoms with Crippen molar-refractivity contribution in [3.63, 3.8) is 0 Å². The normalized spacial score (nSPS) is 11.8. The number of fused-ring (bicyclic) bond motifs is 1. The predicted octanol–water partition coefficient (Wildman–Crippen LogP) is 3.65. The maximum Gasteiger partial charge on any atom is 0.270 e. The Labute approximate surface area is 149 Å². The van der Waals surface area contributed by atoms with Gasteiger partial charge in [0.25, 0.3) is 10.0 Å². The van der Waals surface area contributed by atoms with Crippen LogP contribution >= 0.6 is 38.5 Å². The molecule has 22 heavy (non-hydrogen) atoms. The molecule has 0 spiro atoms. The molecule has 0 radical (unpaired) electrons. The Balaban J connectivity index is 2.32. The number of rotatable bonds is 3. The van der Waals surface area contributed by atoms with Crippen LogP contribution in [0.25, 0.3) is 11.0 Å². The second-order valence-corrected chi connectivity index (χ2v) is 8.09. The van der Waals surface area contributed by atoms with E-state index in [4.69, 9.17) is 4.74 Å². The van der Waals surface area contributed by atoms with E-state index in [9.17, 15) is 8.42 Å². The third-order valence-corrected chi connectivity index (χ3v) is 6.52. The fourth-order valence-electron chi connectivity index (χ4n) is 2.10. The van der Waals surface area contributed by atoms with Crippen LogP contribution in [0.15, 0.2) is 52.0 Å². The highest BCUT2D eigenvalue weighted by Crippen LogP contribution is 2.31. The summed E-state index contributed by atoms with van der Waals surface area (Å²) < 4.78 is 33.2. The zero-order valence-electron chi connectivity index (χ0n) is 11.3. The standard InChI is InChI=1S/C14H10BrIN2O3S/c1-21-11-7-9-8-12(16)18(14(9)17-13(11)15)22(19,20)10-5-3-2-4-6-10/h2-8H,1H3. The van der Waals surface area contributed by atoms with Gasteiger partial charge in [0.05, 0.1) is 15.7 Å². The Kier molecular flexibility index (Phi) is 4.17. The van der Waals surface area contributed by atoms with Crippen LogP contribution in [-0.2, 0) is 10.0 Å². The largest absolute Gasteiger partial charge is 0.494 e. The van der Waals surface area contributed by atoms with E-state index in [-0.39, 0.29) is 4.90 Å². The molecule has 0 fully saturated rings. The lowest BCUT2D eigenvalue weighted by Crippen LogP contribution is -2.15. The molecular formula is C14H10BrIN2O3S. The van der Waals surface area contributed by atoms with Crippen molar-refractivity contribution in [2.24, 2.45) is 0 Å². The number of nitrogens with zero attached hydrogens (tertiary/aromatic N) is 2. The van der Waals surface area contributed by atoms with Gasteiger partial charge in [0.2, 0.25) is 0 Å². The molecule has 0 aliphatic rings. The molecule has 0 N–H and O–H groups in total. The lowest BCUT2D eigenvalue weighted by atomic mass is 10.3. The van der Waals surface area contributed by atoms with Gasteiger partial charge in [0.1, 0.15) is 4.60 Å². The molecule has 0 amide bonds. The number of pyridine rings is 1. The maximum atomic E-state index is 12.9. The van der Waals surface area contributed by atoms with Gasteiger partial charge in [-0.3, -0.25) is 0 Å². The fourth-order valence-corrected chi connectivity index (χ4v) is 5.26. The van der Waals surface area contributed by atoms with E-state index in [1.165, 1.54) is 11.1 Å². The Morgan fingerprint density at radius 1 is 1.23 bits per heavy atom. The zero-order valence-corrected chi connectivity index (χ0v) is 15.9. The van der Waals surface area contributed by atoms with Crippen LogP contribution in [0.1, 0.15) is 0 Å². The number of ether oxygens (including phenoxy) is 1. The van der Waals surface area contributed by atoms with Gasteiger partial charge in [-0.05, 0) is 62.8 Å². The quantitative estimate of drug-likeness (QED) is 0.413. The first kappa shape index (κ1) is 15.8. The molecule has 0 aliphatic carbocycles. The molecule has 5 nitrogen and oxygen atoms in total. The van der Waals surface area contributed by atoms with Gasteiger partial charge >= 0.3 is 0 Å². The summed E-state index contributed by atoms with van der Waals surface area (Å²) >= 11 is 5.29. The lowest BCUT2D eigenvalue weighted by molar-refractivity contribution is 0.410. The van der Waals surface area contributed by atoms with E-state index in [0.29, 0.717) is 25.1 Å². The van der Waals surface area contributed by atoms with Crippen LogP contribution in [0, 0.1) is 3.70 Å². The molecule has 0 unspecified atom stereocenters. The fraction of sp³-hybridized carbons (Fsp3) is 0.0714. The second-order valence-electron chi connectivity index (χ2n) is 4.44. The third-order valence-electron chi connectivity index (χ3n) is 3.11. The van der Waals surface area contributed by atoms with Gasteiger partial charge in [-0.1, -0.05) is 18.2 Å². The summed E-state index contributed by atoms with van der Waals surface area (Å²) in [5.74, 6) is 0.554. The Bertz CT molecular complexity index is 955. The minimum absolute atomic E-state index is 0.221. The van der Waals surface area contributed by atoms with Gasteiger partial charge in [0.15, 0.2) is 11.4 Å². The lowest BCUT2D eigenvalue weighted by Gasteiger charge is -2.09. The molecule has 3 aromatic rings. The second kappa shape index (κ2) is 5.82. The number of methoxy groups -OCH3 is 1. The van der Waals surface area contributed by atoms with Gasteiger partial charge < -0.3 is 4.74 Å². The first-order valence-electron chi connectivity index (χ1n) is 6.17. The van der Waals surface area contributed by atoms with Crippen molar-refractivity contribution in [3.05, 3.63) is 50.8 Å². The Morgan fingerprint density at radius 3 is 2.55 bits per heavy atom. The molecule has 0 aliphatic heterocycles. The highest BCUT2D eigenvalue weighted by molar-refractivity contribution is 14.1. The van der Waals surface area contributed by atoms with Crippen LogP contribution in [-0.4, -0.2) is 24.5 Å². The number of hydrogen-bond acceptors (Lipinski definition) is 4. The molecule has 114 valence electrons. The Hall–Kier alpha value is -1.13. The topological polar surface area (TPSA) is 61.2 Å². The third kappa shape index (κ3) is 2.52. The minimum atomic E-state index is -3.70. The first-order valence-corrected chi connectivity index (χ1v) is 9.48. The predicted molar refractivity (Wildman–Crippen MR) is 95.7 cm³/mol.